The number of benzene rings is 1. The molecule has 0 bridgehead atoms. The van der Waals surface area contributed by atoms with Gasteiger partial charge in [-0.25, -0.2) is 8.78 Å². The first-order chi connectivity index (χ1) is 9.24. The van der Waals surface area contributed by atoms with Crippen LogP contribution in [0.2, 0.25) is 0 Å². The van der Waals surface area contributed by atoms with Crippen molar-refractivity contribution >= 4 is 10.9 Å². The average Bonchev–Trinajstić information content (AvgIpc) is 2.67. The summed E-state index contributed by atoms with van der Waals surface area (Å²) < 4.78 is 63.9. The van der Waals surface area contributed by atoms with Gasteiger partial charge in [0.05, 0.1) is 17.3 Å². The van der Waals surface area contributed by atoms with Crippen LogP contribution in [0.5, 0.6) is 0 Å². The van der Waals surface area contributed by atoms with Crippen molar-refractivity contribution in [2.75, 3.05) is 0 Å². The van der Waals surface area contributed by atoms with E-state index in [9.17, 15) is 22.0 Å². The van der Waals surface area contributed by atoms with Crippen molar-refractivity contribution in [1.29, 1.82) is 5.26 Å². The fourth-order valence-electron chi connectivity index (χ4n) is 2.15. The Morgan fingerprint density at radius 1 is 1.30 bits per heavy atom. The van der Waals surface area contributed by atoms with Crippen molar-refractivity contribution in [3.05, 3.63) is 35.0 Å². The second-order valence-corrected chi connectivity index (χ2v) is 4.35. The van der Waals surface area contributed by atoms with Gasteiger partial charge in [-0.1, -0.05) is 0 Å². The first-order valence-electron chi connectivity index (χ1n) is 5.62. The third kappa shape index (κ3) is 2.46. The molecular formula is C13H9F5N2. The number of hydrogen-bond acceptors (Lipinski definition) is 1. The molecule has 2 rings (SSSR count). The second-order valence-electron chi connectivity index (χ2n) is 4.35. The van der Waals surface area contributed by atoms with Gasteiger partial charge in [0, 0.05) is 10.9 Å². The molecule has 0 atom stereocenters. The number of fused-ring (bicyclic) bond motifs is 1. The number of halogens is 5. The highest BCUT2D eigenvalue weighted by molar-refractivity contribution is 5.86. The maximum atomic E-state index is 12.9. The monoisotopic (exact) mass is 288 g/mol. The number of nitrogens with zero attached hydrogens (tertiary/aromatic N) is 2. The van der Waals surface area contributed by atoms with E-state index in [4.69, 9.17) is 5.26 Å². The molecule has 20 heavy (non-hydrogen) atoms. The predicted octanol–water partition coefficient (Wildman–Crippen LogP) is 4.32. The first-order valence-corrected chi connectivity index (χ1v) is 5.62. The topological polar surface area (TPSA) is 28.7 Å². The minimum atomic E-state index is -4.60. The quantitative estimate of drug-likeness (QED) is 0.756. The van der Waals surface area contributed by atoms with Gasteiger partial charge in [-0.15, -0.1) is 0 Å². The molecule has 0 unspecified atom stereocenters. The van der Waals surface area contributed by atoms with E-state index in [1.807, 2.05) is 6.07 Å². The van der Waals surface area contributed by atoms with Crippen molar-refractivity contribution in [2.24, 2.45) is 0 Å². The highest BCUT2D eigenvalue weighted by Gasteiger charge is 2.31. The lowest BCUT2D eigenvalue weighted by Gasteiger charge is -2.13. The summed E-state index contributed by atoms with van der Waals surface area (Å²) in [6, 6.07) is 5.49. The van der Waals surface area contributed by atoms with Crippen LogP contribution >= 0.6 is 0 Å². The molecule has 0 aliphatic rings. The summed E-state index contributed by atoms with van der Waals surface area (Å²) in [5.41, 5.74) is -0.0000562. The minimum absolute atomic E-state index is 0.0501. The van der Waals surface area contributed by atoms with Crippen molar-refractivity contribution in [2.45, 2.75) is 26.1 Å². The van der Waals surface area contributed by atoms with E-state index in [-0.39, 0.29) is 16.5 Å². The van der Waals surface area contributed by atoms with Crippen LogP contribution in [-0.4, -0.2) is 10.7 Å². The fraction of sp³-hybridized carbons (Fsp3) is 0.308. The maximum absolute atomic E-state index is 12.9. The van der Waals surface area contributed by atoms with Crippen molar-refractivity contribution in [1.82, 2.24) is 4.57 Å². The van der Waals surface area contributed by atoms with Crippen molar-refractivity contribution < 1.29 is 22.0 Å². The SMILES string of the molecule is Cc1c(C#N)ccc2c1cc(C(F)F)n2CC(F)(F)F. The number of aromatic nitrogens is 1. The highest BCUT2D eigenvalue weighted by Crippen LogP contribution is 2.33. The predicted molar refractivity (Wildman–Crippen MR) is 62.4 cm³/mol. The van der Waals surface area contributed by atoms with Gasteiger partial charge in [-0.3, -0.25) is 0 Å². The molecule has 0 saturated carbocycles. The zero-order valence-electron chi connectivity index (χ0n) is 10.3. The lowest BCUT2D eigenvalue weighted by Crippen LogP contribution is -2.19. The average molecular weight is 288 g/mol. The van der Waals surface area contributed by atoms with Gasteiger partial charge in [0.15, 0.2) is 0 Å². The number of aryl methyl sites for hydroxylation is 1. The summed E-state index contributed by atoms with van der Waals surface area (Å²) in [4.78, 5) is 0. The molecule has 0 amide bonds. The first kappa shape index (κ1) is 14.3. The standard InChI is InChI=1S/C13H9F5N2/c1-7-8(5-19)2-3-10-9(7)4-11(12(14)15)20(10)6-13(16,17)18/h2-4,12H,6H2,1H3. The second kappa shape index (κ2) is 4.78. The van der Waals surface area contributed by atoms with Crippen LogP contribution in [-0.2, 0) is 6.54 Å². The molecule has 106 valence electrons. The summed E-state index contributed by atoms with van der Waals surface area (Å²) in [5.74, 6) is 0. The van der Waals surface area contributed by atoms with Crippen LogP contribution in [0.1, 0.15) is 23.2 Å². The van der Waals surface area contributed by atoms with Crippen LogP contribution in [0.25, 0.3) is 10.9 Å². The summed E-state index contributed by atoms with van der Waals surface area (Å²) in [6.07, 6.45) is -7.62. The van der Waals surface area contributed by atoms with Gasteiger partial charge in [0.25, 0.3) is 6.43 Å². The summed E-state index contributed by atoms with van der Waals surface area (Å²) in [5, 5.41) is 9.10. The number of hydrogen-bond donors (Lipinski definition) is 0. The molecule has 1 aromatic carbocycles. The molecule has 0 N–H and O–H groups in total. The Morgan fingerprint density at radius 3 is 2.45 bits per heavy atom. The van der Waals surface area contributed by atoms with E-state index in [0.717, 1.165) is 6.07 Å². The van der Waals surface area contributed by atoms with Gasteiger partial charge in [-0.05, 0) is 30.7 Å². The molecule has 1 aromatic heterocycles. The zero-order chi connectivity index (χ0) is 15.1. The maximum Gasteiger partial charge on any atom is 0.406 e. The molecule has 1 heterocycles. The third-order valence-electron chi connectivity index (χ3n) is 3.07. The van der Waals surface area contributed by atoms with Gasteiger partial charge in [0.1, 0.15) is 6.54 Å². The van der Waals surface area contributed by atoms with Gasteiger partial charge in [-0.2, -0.15) is 18.4 Å². The Bertz CT molecular complexity index is 691. The molecular weight excluding hydrogens is 279 g/mol. The van der Waals surface area contributed by atoms with E-state index < -0.39 is 24.8 Å². The Hall–Kier alpha value is -2.10. The number of rotatable bonds is 2. The van der Waals surface area contributed by atoms with Crippen LogP contribution < -0.4 is 0 Å². The minimum Gasteiger partial charge on any atom is -0.330 e. The molecule has 0 fully saturated rings. The molecule has 2 aromatic rings. The molecule has 0 radical (unpaired) electrons. The lowest BCUT2D eigenvalue weighted by atomic mass is 10.1. The number of alkyl halides is 5. The molecule has 0 aliphatic heterocycles. The van der Waals surface area contributed by atoms with Crippen molar-refractivity contribution in [3.63, 3.8) is 0 Å². The van der Waals surface area contributed by atoms with Gasteiger partial charge < -0.3 is 4.57 Å². The van der Waals surface area contributed by atoms with E-state index >= 15 is 0 Å². The van der Waals surface area contributed by atoms with E-state index in [2.05, 4.69) is 0 Å². The van der Waals surface area contributed by atoms with Gasteiger partial charge in [0.2, 0.25) is 0 Å². The Labute approximate surface area is 111 Å². The summed E-state index contributed by atoms with van der Waals surface area (Å²) in [7, 11) is 0. The summed E-state index contributed by atoms with van der Waals surface area (Å²) in [6.45, 7) is 0.0373. The van der Waals surface area contributed by atoms with E-state index in [1.54, 1.807) is 0 Å². The highest BCUT2D eigenvalue weighted by atomic mass is 19.4. The normalized spacial score (nSPS) is 12.1. The molecule has 2 nitrogen and oxygen atoms in total. The van der Waals surface area contributed by atoms with E-state index in [1.165, 1.54) is 19.1 Å². The largest absolute Gasteiger partial charge is 0.406 e. The van der Waals surface area contributed by atoms with Crippen LogP contribution in [0.3, 0.4) is 0 Å². The van der Waals surface area contributed by atoms with Crippen LogP contribution in [0.4, 0.5) is 22.0 Å². The molecule has 0 aliphatic carbocycles. The Balaban J connectivity index is 2.74. The molecule has 0 saturated heterocycles. The zero-order valence-corrected chi connectivity index (χ0v) is 10.3. The van der Waals surface area contributed by atoms with Crippen LogP contribution in [0.15, 0.2) is 18.2 Å². The van der Waals surface area contributed by atoms with Crippen LogP contribution in [0, 0.1) is 18.3 Å². The lowest BCUT2D eigenvalue weighted by molar-refractivity contribution is -0.140. The van der Waals surface area contributed by atoms with E-state index in [0.29, 0.717) is 10.1 Å². The Kier molecular flexibility index (Phi) is 3.42. The summed E-state index contributed by atoms with van der Waals surface area (Å²) >= 11 is 0. The van der Waals surface area contributed by atoms with Crippen molar-refractivity contribution in [3.8, 4) is 6.07 Å². The smallest absolute Gasteiger partial charge is 0.330 e. The molecule has 7 heteroatoms. The third-order valence-corrected chi connectivity index (χ3v) is 3.07. The number of nitriles is 1. The fourth-order valence-corrected chi connectivity index (χ4v) is 2.15. The molecule has 0 spiro atoms. The van der Waals surface area contributed by atoms with Gasteiger partial charge >= 0.3 is 6.18 Å². The Morgan fingerprint density at radius 2 is 1.95 bits per heavy atom.